The van der Waals surface area contributed by atoms with Crippen LogP contribution >= 0.6 is 23.4 Å². The summed E-state index contributed by atoms with van der Waals surface area (Å²) in [6, 6.07) is 14.9. The summed E-state index contributed by atoms with van der Waals surface area (Å²) in [6.45, 7) is 3.71. The fourth-order valence-electron chi connectivity index (χ4n) is 4.48. The number of nitriles is 1. The molecule has 1 fully saturated rings. The Bertz CT molecular complexity index is 1470. The first-order chi connectivity index (χ1) is 18.1. The number of aryl methyl sites for hydroxylation is 1. The summed E-state index contributed by atoms with van der Waals surface area (Å²) < 4.78 is 4.20. The number of hydrogen-bond donors (Lipinski definition) is 0. The van der Waals surface area contributed by atoms with E-state index in [1.165, 1.54) is 38.9 Å². The molecule has 0 amide bonds. The first-order valence-corrected chi connectivity index (χ1v) is 15.6. The van der Waals surface area contributed by atoms with Crippen molar-refractivity contribution in [2.24, 2.45) is 7.05 Å². The van der Waals surface area contributed by atoms with Gasteiger partial charge in [0.15, 0.2) is 0 Å². The van der Waals surface area contributed by atoms with E-state index in [9.17, 15) is 5.26 Å². The number of aromatic nitrogens is 3. The van der Waals surface area contributed by atoms with Gasteiger partial charge in [-0.3, -0.25) is 0 Å². The molecule has 0 unspecified atom stereocenters. The summed E-state index contributed by atoms with van der Waals surface area (Å²) in [4.78, 5) is 12.5. The number of nitrogens with zero attached hydrogens (tertiary/aromatic N) is 5. The van der Waals surface area contributed by atoms with E-state index in [-0.39, 0.29) is 0 Å². The molecule has 2 aromatic heterocycles. The van der Waals surface area contributed by atoms with Crippen molar-refractivity contribution in [3.63, 3.8) is 0 Å². The Hall–Kier alpha value is -2.55. The molecule has 37 heavy (non-hydrogen) atoms. The van der Waals surface area contributed by atoms with Gasteiger partial charge >= 0.3 is 222 Å². The van der Waals surface area contributed by atoms with E-state index in [1.807, 2.05) is 23.9 Å². The SMILES string of the molecule is Cn1ccnc1Sc1ccc([As]c2c(C#N)cnc3cc(/C=C/CCCN4CCCC4)ccc23)cc1Cl. The van der Waals surface area contributed by atoms with Crippen LogP contribution in [0.15, 0.2) is 71.1 Å². The zero-order valence-corrected chi connectivity index (χ0v) is 24.2. The number of rotatable bonds is 9. The maximum atomic E-state index is 9.80. The number of fused-ring (bicyclic) bond motifs is 1. The molecule has 8 heteroatoms. The van der Waals surface area contributed by atoms with Crippen molar-refractivity contribution in [2.75, 3.05) is 19.6 Å². The minimum absolute atomic E-state index is 0.438. The fourth-order valence-corrected chi connectivity index (χ4v) is 8.14. The summed E-state index contributed by atoms with van der Waals surface area (Å²) in [5.41, 5.74) is 2.71. The van der Waals surface area contributed by atoms with Crippen molar-refractivity contribution in [2.45, 2.75) is 35.7 Å². The molecular formula is C29H28AsClN5S. The second-order valence-corrected chi connectivity index (χ2v) is 13.1. The van der Waals surface area contributed by atoms with E-state index >= 15 is 0 Å². The zero-order valence-electron chi connectivity index (χ0n) is 20.8. The summed E-state index contributed by atoms with van der Waals surface area (Å²) in [7, 11) is 1.97. The number of unbranched alkanes of at least 4 members (excludes halogenated alkanes) is 1. The molecule has 3 heterocycles. The number of benzene rings is 2. The topological polar surface area (TPSA) is 57.7 Å². The molecule has 5 rings (SSSR count). The summed E-state index contributed by atoms with van der Waals surface area (Å²) in [5.74, 6) is 0. The number of pyridine rings is 1. The molecule has 187 valence electrons. The Morgan fingerprint density at radius 3 is 2.78 bits per heavy atom. The van der Waals surface area contributed by atoms with Gasteiger partial charge in [0.25, 0.3) is 0 Å². The normalized spacial score (nSPS) is 14.4. The van der Waals surface area contributed by atoms with Gasteiger partial charge in [0.05, 0.1) is 0 Å². The van der Waals surface area contributed by atoms with Crippen LogP contribution in [-0.4, -0.2) is 54.8 Å². The van der Waals surface area contributed by atoms with Gasteiger partial charge in [-0.15, -0.1) is 0 Å². The third-order valence-electron chi connectivity index (χ3n) is 6.47. The van der Waals surface area contributed by atoms with Crippen LogP contribution in [0.25, 0.3) is 17.0 Å². The molecule has 1 aliphatic rings. The van der Waals surface area contributed by atoms with Crippen LogP contribution in [0, 0.1) is 11.3 Å². The summed E-state index contributed by atoms with van der Waals surface area (Å²) >= 11 is 7.77. The molecule has 5 nitrogen and oxygen atoms in total. The van der Waals surface area contributed by atoms with E-state index < -0.39 is 15.8 Å². The van der Waals surface area contributed by atoms with Crippen LogP contribution in [0.3, 0.4) is 0 Å². The van der Waals surface area contributed by atoms with Crippen molar-refractivity contribution in [3.05, 3.63) is 77.2 Å². The molecule has 4 aromatic rings. The molecule has 0 aliphatic carbocycles. The van der Waals surface area contributed by atoms with Gasteiger partial charge < -0.3 is 0 Å². The molecule has 1 saturated heterocycles. The van der Waals surface area contributed by atoms with Gasteiger partial charge in [-0.2, -0.15) is 0 Å². The van der Waals surface area contributed by atoms with Crippen LogP contribution < -0.4 is 8.70 Å². The standard InChI is InChI=1S/C29H28AsClN5S/c1-35-16-12-33-29(35)37-27-11-9-23(18-25(27)31)30-28-22(19-32)20-34-26-17-21(8-10-24(26)28)7-3-2-4-13-36-14-5-6-15-36/h3,7-12,16-18,20H,2,4-6,13-15H2,1H3/b7-3+. The maximum absolute atomic E-state index is 9.80. The van der Waals surface area contributed by atoms with Crippen molar-refractivity contribution in [1.29, 1.82) is 5.26 Å². The van der Waals surface area contributed by atoms with Gasteiger partial charge in [0.1, 0.15) is 0 Å². The Labute approximate surface area is 234 Å². The molecule has 1 radical (unpaired) electrons. The predicted octanol–water partition coefficient (Wildman–Crippen LogP) is 5.19. The monoisotopic (exact) mass is 588 g/mol. The van der Waals surface area contributed by atoms with Crippen LogP contribution in [0.4, 0.5) is 0 Å². The molecule has 2 aromatic carbocycles. The molecule has 0 atom stereocenters. The number of imidazole rings is 1. The van der Waals surface area contributed by atoms with Crippen LogP contribution in [-0.2, 0) is 7.05 Å². The third-order valence-corrected chi connectivity index (χ3v) is 10.7. The van der Waals surface area contributed by atoms with Gasteiger partial charge in [0.2, 0.25) is 0 Å². The van der Waals surface area contributed by atoms with Crippen molar-refractivity contribution < 1.29 is 0 Å². The van der Waals surface area contributed by atoms with Crippen LogP contribution in [0.2, 0.25) is 5.02 Å². The Balaban J connectivity index is 1.31. The van der Waals surface area contributed by atoms with Gasteiger partial charge in [-0.25, -0.2) is 0 Å². The molecule has 0 N–H and O–H groups in total. The number of allylic oxidation sites excluding steroid dienone is 1. The fraction of sp³-hybridized carbons (Fsp3) is 0.276. The zero-order chi connectivity index (χ0) is 25.6. The summed E-state index contributed by atoms with van der Waals surface area (Å²) in [5, 5.41) is 12.4. The average Bonchev–Trinajstić information content (AvgIpc) is 3.57. The molecule has 0 spiro atoms. The molecule has 1 aliphatic heterocycles. The second kappa shape index (κ2) is 12.3. The van der Waals surface area contributed by atoms with Gasteiger partial charge in [-0.1, -0.05) is 0 Å². The first kappa shape index (κ1) is 26.1. The van der Waals surface area contributed by atoms with E-state index in [4.69, 9.17) is 11.6 Å². The Kier molecular flexibility index (Phi) is 8.69. The van der Waals surface area contributed by atoms with Crippen molar-refractivity contribution >= 4 is 64.8 Å². The summed E-state index contributed by atoms with van der Waals surface area (Å²) in [6.07, 6.45) is 14.8. The molecule has 0 saturated carbocycles. The molecule has 0 bridgehead atoms. The Morgan fingerprint density at radius 1 is 1.16 bits per heavy atom. The van der Waals surface area contributed by atoms with Gasteiger partial charge in [0, 0.05) is 0 Å². The predicted molar refractivity (Wildman–Crippen MR) is 154 cm³/mol. The number of hydrogen-bond acceptors (Lipinski definition) is 5. The minimum atomic E-state index is -0.438. The second-order valence-electron chi connectivity index (χ2n) is 9.15. The van der Waals surface area contributed by atoms with E-state index in [2.05, 4.69) is 63.4 Å². The van der Waals surface area contributed by atoms with E-state index in [1.54, 1.807) is 24.2 Å². The number of likely N-dealkylation sites (tertiary alicyclic amines) is 1. The van der Waals surface area contributed by atoms with E-state index in [0.29, 0.717) is 10.6 Å². The van der Waals surface area contributed by atoms with Crippen LogP contribution in [0.1, 0.15) is 36.8 Å². The first-order valence-electron chi connectivity index (χ1n) is 12.5. The quantitative estimate of drug-likeness (QED) is 0.199. The van der Waals surface area contributed by atoms with Crippen LogP contribution in [0.5, 0.6) is 0 Å². The van der Waals surface area contributed by atoms with Gasteiger partial charge in [-0.05, 0) is 12.8 Å². The third kappa shape index (κ3) is 6.48. The van der Waals surface area contributed by atoms with Crippen molar-refractivity contribution in [3.8, 4) is 6.07 Å². The van der Waals surface area contributed by atoms with Crippen molar-refractivity contribution in [1.82, 2.24) is 19.4 Å². The Morgan fingerprint density at radius 2 is 2.03 bits per heavy atom. The average molecular weight is 589 g/mol. The number of halogens is 1. The molecular weight excluding hydrogens is 561 g/mol. The van der Waals surface area contributed by atoms with E-state index in [0.717, 1.165) is 41.6 Å².